The molecule has 0 bridgehead atoms. The number of amides is 2. The second-order valence-corrected chi connectivity index (χ2v) is 22.1. The van der Waals surface area contributed by atoms with Crippen LogP contribution in [-0.2, 0) is 69.4 Å². The maximum atomic E-state index is 12.4. The third kappa shape index (κ3) is 14.0. The molecule has 1 saturated heterocycles. The van der Waals surface area contributed by atoms with Crippen molar-refractivity contribution in [3.8, 4) is 0 Å². The van der Waals surface area contributed by atoms with Gasteiger partial charge in [0.2, 0.25) is 5.69 Å². The van der Waals surface area contributed by atoms with E-state index in [2.05, 4.69) is 14.4 Å². The average Bonchev–Trinajstić information content (AvgIpc) is 3.70. The molecule has 26 heteroatoms. The van der Waals surface area contributed by atoms with E-state index >= 15 is 0 Å². The van der Waals surface area contributed by atoms with Gasteiger partial charge >= 0.3 is 144 Å². The first kappa shape index (κ1) is 52.2. The zero-order valence-electron chi connectivity index (χ0n) is 35.5. The normalized spacial score (nSPS) is 21.5. The van der Waals surface area contributed by atoms with Gasteiger partial charge in [-0.15, -0.1) is 5.06 Å². The van der Waals surface area contributed by atoms with Crippen LogP contribution in [0.5, 0.6) is 0 Å². The number of carbonyl (C=O) groups excluding carboxylic acids is 3. The van der Waals surface area contributed by atoms with Crippen LogP contribution >= 0.6 is 0 Å². The minimum absolute atomic E-state index is 0.0156. The fraction of sp³-hybridized carbons (Fsp3) is 0.553. The SMILES string of the molecule is [B]=NOS(=O)(=O)CCCC1(C)C(C)=NN(CCCS(=O)(=O)O)\C1=C/C=C/C=C/C1=[N+](CCCCCC(=O)ON2C(=O)CCC2=O)c2ccc(S(=O)(=O)O)cc2C1(C)CCCS(=O)(=O)O. The van der Waals surface area contributed by atoms with Crippen molar-refractivity contribution in [2.24, 2.45) is 15.6 Å². The summed E-state index contributed by atoms with van der Waals surface area (Å²) in [6.45, 7) is 5.75. The number of benzene rings is 1. The summed E-state index contributed by atoms with van der Waals surface area (Å²) in [4.78, 5) is 40.6. The minimum Gasteiger partial charge on any atom is -0.330 e. The van der Waals surface area contributed by atoms with E-state index in [1.165, 1.54) is 18.2 Å². The predicted molar refractivity (Wildman–Crippen MR) is 232 cm³/mol. The number of nitrogens with zero attached hydrogens (tertiary/aromatic N) is 5. The van der Waals surface area contributed by atoms with E-state index in [1.54, 1.807) is 49.2 Å². The van der Waals surface area contributed by atoms with Crippen LogP contribution in [0, 0.1) is 5.41 Å². The van der Waals surface area contributed by atoms with Gasteiger partial charge in [0.25, 0.3) is 42.2 Å². The molecule has 2 atom stereocenters. The Labute approximate surface area is 374 Å². The monoisotopic (exact) mass is 973 g/mol. The Morgan fingerprint density at radius 2 is 1.48 bits per heavy atom. The van der Waals surface area contributed by atoms with E-state index < -0.39 is 91.2 Å². The van der Waals surface area contributed by atoms with Gasteiger partial charge < -0.3 is 4.84 Å². The van der Waals surface area contributed by atoms with Crippen LogP contribution in [0.15, 0.2) is 69.3 Å². The summed E-state index contributed by atoms with van der Waals surface area (Å²) in [6, 6.07) is 4.06. The Hall–Kier alpha value is -4.47. The van der Waals surface area contributed by atoms with Gasteiger partial charge in [-0.25, -0.2) is 4.79 Å². The van der Waals surface area contributed by atoms with Gasteiger partial charge in [0.15, 0.2) is 5.71 Å². The van der Waals surface area contributed by atoms with Crippen molar-refractivity contribution in [1.29, 1.82) is 0 Å². The third-order valence-corrected chi connectivity index (χ3v) is 14.8. The van der Waals surface area contributed by atoms with E-state index in [9.17, 15) is 61.7 Å². The summed E-state index contributed by atoms with van der Waals surface area (Å²) >= 11 is 0. The van der Waals surface area contributed by atoms with E-state index in [-0.39, 0.29) is 57.9 Å². The van der Waals surface area contributed by atoms with Crippen LogP contribution in [0.3, 0.4) is 0 Å². The number of hydrogen-bond donors (Lipinski definition) is 3. The molecule has 2 unspecified atom stereocenters. The number of rotatable bonds is 25. The van der Waals surface area contributed by atoms with Crippen molar-refractivity contribution >= 4 is 83.0 Å². The molecular weight excluding hydrogens is 922 g/mol. The van der Waals surface area contributed by atoms with E-state index in [1.807, 2.05) is 11.5 Å². The van der Waals surface area contributed by atoms with Gasteiger partial charge in [-0.2, -0.15) is 29.8 Å². The number of imide groups is 1. The number of hydrogen-bond acceptors (Lipinski definition) is 16. The van der Waals surface area contributed by atoms with Crippen molar-refractivity contribution in [3.05, 3.63) is 59.8 Å². The molecule has 4 rings (SSSR count). The molecule has 0 saturated carbocycles. The molecule has 21 nitrogen and oxygen atoms in total. The molecule has 3 aliphatic rings. The van der Waals surface area contributed by atoms with Gasteiger partial charge in [0.05, 0.1) is 16.1 Å². The Morgan fingerprint density at radius 3 is 2.11 bits per heavy atom. The molecule has 64 heavy (non-hydrogen) atoms. The van der Waals surface area contributed by atoms with E-state index in [4.69, 9.17) is 12.5 Å². The Morgan fingerprint density at radius 1 is 0.859 bits per heavy atom. The van der Waals surface area contributed by atoms with Crippen molar-refractivity contribution in [3.63, 3.8) is 0 Å². The summed E-state index contributed by atoms with van der Waals surface area (Å²) in [7, 11) is -12.5. The van der Waals surface area contributed by atoms with Crippen molar-refractivity contribution in [1.82, 2.24) is 10.1 Å². The predicted octanol–water partition coefficient (Wildman–Crippen LogP) is 3.49. The first-order valence-electron chi connectivity index (χ1n) is 20.1. The second kappa shape index (κ2) is 21.2. The number of carbonyl (C=O) groups is 3. The number of allylic oxidation sites excluding steroid dienone is 6. The molecule has 3 aliphatic heterocycles. The van der Waals surface area contributed by atoms with E-state index in [0.717, 1.165) is 0 Å². The fourth-order valence-electron chi connectivity index (χ4n) is 7.85. The fourth-order valence-corrected chi connectivity index (χ4v) is 10.1. The topological polar surface area (TPSA) is 301 Å². The molecule has 3 heterocycles. The van der Waals surface area contributed by atoms with Crippen LogP contribution in [-0.4, -0.2) is 129 Å². The van der Waals surface area contributed by atoms with Crippen LogP contribution < -0.4 is 0 Å². The summed E-state index contributed by atoms with van der Waals surface area (Å²) < 4.78 is 130. The standard InChI is InChI=1S/C38H51BN5O16S4/c1-28-37(2,20-11-26-63(54,55)60-41-39)33(43(40-28)23-12-25-62(51,52)53)14-7-4-6-13-32-38(3,21-10-24-61(48,49)50)30-27-29(64(56,57)58)16-17-31(30)42(32)22-9-5-8-15-36(47)59-44-34(45)18-19-35(44)46/h4,6-7,13-14,16-17,27H,5,8-12,15,18-26H2,1-3H3,(H2-,48,49,50,51,52,53,56,57,58)/p+1. The number of hydrazone groups is 1. The van der Waals surface area contributed by atoms with Crippen LogP contribution in [0.25, 0.3) is 0 Å². The first-order chi connectivity index (χ1) is 29.7. The smallest absolute Gasteiger partial charge is 0.330 e. The second-order valence-electron chi connectivity index (χ2n) is 15.9. The Bertz CT molecular complexity index is 2600. The van der Waals surface area contributed by atoms with Crippen molar-refractivity contribution in [2.45, 2.75) is 102 Å². The third-order valence-electron chi connectivity index (χ3n) is 11.2. The molecule has 0 aromatic heterocycles. The number of hydroxylamine groups is 2. The molecule has 0 spiro atoms. The molecule has 1 aromatic rings. The van der Waals surface area contributed by atoms with Gasteiger partial charge in [-0.3, -0.25) is 23.2 Å². The molecule has 2 amide bonds. The van der Waals surface area contributed by atoms with Gasteiger partial charge in [0, 0.05) is 43.4 Å². The van der Waals surface area contributed by atoms with Gasteiger partial charge in [-0.05, 0) is 44.7 Å². The Balaban J connectivity index is 1.68. The zero-order chi connectivity index (χ0) is 47.7. The summed E-state index contributed by atoms with van der Waals surface area (Å²) in [5.41, 5.74) is 0.875. The van der Waals surface area contributed by atoms with Crippen LogP contribution in [0.1, 0.15) is 97.0 Å². The molecular formula is C38H52BN5O16S4+. The zero-order valence-corrected chi connectivity index (χ0v) is 38.8. The summed E-state index contributed by atoms with van der Waals surface area (Å²) in [5.74, 6) is -3.47. The molecule has 3 N–H and O–H groups in total. The van der Waals surface area contributed by atoms with Crippen LogP contribution in [0.4, 0.5) is 5.69 Å². The minimum atomic E-state index is -4.67. The molecule has 0 aliphatic carbocycles. The van der Waals surface area contributed by atoms with E-state index in [0.29, 0.717) is 59.2 Å². The number of unbranched alkanes of at least 4 members (excludes halogenated alkanes) is 2. The van der Waals surface area contributed by atoms with Gasteiger partial charge in [-0.1, -0.05) is 0 Å². The maximum absolute atomic E-state index is 12.4. The van der Waals surface area contributed by atoms with Crippen molar-refractivity contribution < 1.29 is 75.4 Å². The molecule has 1 fully saturated rings. The summed E-state index contributed by atoms with van der Waals surface area (Å²) in [5, 5.41) is 9.40. The number of fused-ring (bicyclic) bond motifs is 1. The summed E-state index contributed by atoms with van der Waals surface area (Å²) in [6.07, 6.45) is 10.0. The average molecular weight is 974 g/mol. The van der Waals surface area contributed by atoms with Crippen LogP contribution in [0.2, 0.25) is 0 Å². The molecule has 351 valence electrons. The molecule has 1 aromatic carbocycles. The quantitative estimate of drug-likeness (QED) is 0.0240. The van der Waals surface area contributed by atoms with Gasteiger partial charge in [0.1, 0.15) is 6.54 Å². The first-order valence-corrected chi connectivity index (χ1v) is 26.4. The Kier molecular flexibility index (Phi) is 17.3. The molecule has 1 radical (unpaired) electrons. The van der Waals surface area contributed by atoms with Crippen molar-refractivity contribution in [2.75, 3.05) is 30.3 Å².